The predicted molar refractivity (Wildman–Crippen MR) is 253 cm³/mol. The molecule has 0 aliphatic carbocycles. The second kappa shape index (κ2) is 20.6. The van der Waals surface area contributed by atoms with Gasteiger partial charge in [-0.25, -0.2) is 0 Å². The Kier molecular flexibility index (Phi) is 19.6. The molecule has 4 aromatic carbocycles. The smallest absolute Gasteiger partial charge is 0.872 e. The minimum absolute atomic E-state index is 0. The molecular weight excluding hydrogens is 828 g/mol. The summed E-state index contributed by atoms with van der Waals surface area (Å²) in [6, 6.07) is 22.6. The second-order valence-electron chi connectivity index (χ2n) is 25.0. The summed E-state index contributed by atoms with van der Waals surface area (Å²) in [5.41, 5.74) is 9.34. The molecule has 0 unspecified atom stereocenters. The molecule has 61 heavy (non-hydrogen) atoms. The number of hydrogen-bond donors (Lipinski definition) is 0. The van der Waals surface area contributed by atoms with E-state index in [4.69, 9.17) is 0 Å². The van der Waals surface area contributed by atoms with Gasteiger partial charge < -0.3 is 20.4 Å². The van der Waals surface area contributed by atoms with Gasteiger partial charge in [-0.3, -0.25) is 0 Å². The van der Waals surface area contributed by atoms with Gasteiger partial charge in [-0.15, -0.1) is 23.0 Å². The van der Waals surface area contributed by atoms with Crippen molar-refractivity contribution in [3.05, 3.63) is 117 Å². The van der Waals surface area contributed by atoms with Crippen LogP contribution in [-0.2, 0) is 69.5 Å². The van der Waals surface area contributed by atoms with E-state index in [0.717, 1.165) is 44.5 Å². The quantitative estimate of drug-likeness (QED) is 0.176. The first-order chi connectivity index (χ1) is 26.4. The van der Waals surface area contributed by atoms with Crippen LogP contribution in [0.4, 0.5) is 0 Å². The number of benzene rings is 4. The van der Waals surface area contributed by atoms with Gasteiger partial charge in [0.05, 0.1) is 0 Å². The molecule has 0 saturated heterocycles. The fourth-order valence-corrected chi connectivity index (χ4v) is 5.86. The van der Waals surface area contributed by atoms with Crippen molar-refractivity contribution in [2.75, 3.05) is 0 Å². The average Bonchev–Trinajstić information content (AvgIpc) is 3.01. The first kappa shape index (κ1) is 58.0. The zero-order valence-corrected chi connectivity index (χ0v) is 45.5. The third kappa shape index (κ3) is 19.9. The average molecular weight is 913 g/mol. The van der Waals surface area contributed by atoms with Crippen molar-refractivity contribution in [3.63, 3.8) is 0 Å². The number of hydrogen-bond acceptors (Lipinski definition) is 4. The summed E-state index contributed by atoms with van der Waals surface area (Å²) in [4.78, 5) is 0. The largest absolute Gasteiger partial charge is 4.00 e. The molecular formula is C56H84O4Zr. The maximum Gasteiger partial charge on any atom is 4.00 e. The summed E-state index contributed by atoms with van der Waals surface area (Å²) in [6.45, 7) is 51.2. The standard InChI is InChI=1S/4C14H22O.Zr/c4*1-13(2,3)10-7-11(14(4,5)6)9-12(15)8-10;/h4*7-9,15H,1-6H3;/q;;;;+4/p-4. The van der Waals surface area contributed by atoms with Crippen LogP contribution in [0.15, 0.2) is 72.8 Å². The number of rotatable bonds is 0. The van der Waals surface area contributed by atoms with Crippen molar-refractivity contribution >= 4 is 0 Å². The van der Waals surface area contributed by atoms with Gasteiger partial charge in [-0.05, 0) is 87.8 Å². The second-order valence-corrected chi connectivity index (χ2v) is 25.0. The van der Waals surface area contributed by atoms with E-state index in [1.54, 1.807) is 48.5 Å². The Hall–Kier alpha value is -3.04. The van der Waals surface area contributed by atoms with Gasteiger partial charge >= 0.3 is 26.2 Å². The Balaban J connectivity index is 0.000000783. The molecule has 4 nitrogen and oxygen atoms in total. The molecule has 0 atom stereocenters. The van der Waals surface area contributed by atoms with Gasteiger partial charge in [0.15, 0.2) is 0 Å². The van der Waals surface area contributed by atoms with Gasteiger partial charge in [-0.2, -0.15) is 0 Å². The van der Waals surface area contributed by atoms with Crippen LogP contribution in [0.2, 0.25) is 0 Å². The van der Waals surface area contributed by atoms with E-state index in [9.17, 15) is 20.4 Å². The summed E-state index contributed by atoms with van der Waals surface area (Å²) in [5.74, 6) is 0.472. The molecule has 5 heteroatoms. The Morgan fingerprint density at radius 3 is 0.344 bits per heavy atom. The van der Waals surface area contributed by atoms with Crippen LogP contribution in [0.5, 0.6) is 23.0 Å². The van der Waals surface area contributed by atoms with Crippen LogP contribution in [0.25, 0.3) is 0 Å². The van der Waals surface area contributed by atoms with E-state index in [0.29, 0.717) is 0 Å². The van der Waals surface area contributed by atoms with E-state index in [2.05, 4.69) is 190 Å². The Labute approximate surface area is 394 Å². The van der Waals surface area contributed by atoms with Gasteiger partial charge in [-0.1, -0.05) is 239 Å². The van der Waals surface area contributed by atoms with Crippen molar-refractivity contribution in [3.8, 4) is 23.0 Å². The van der Waals surface area contributed by atoms with Crippen LogP contribution >= 0.6 is 0 Å². The summed E-state index contributed by atoms with van der Waals surface area (Å²) < 4.78 is 0. The zero-order chi connectivity index (χ0) is 47.4. The topological polar surface area (TPSA) is 92.2 Å². The maximum atomic E-state index is 11.6. The molecule has 0 amide bonds. The summed E-state index contributed by atoms with van der Waals surface area (Å²) in [6.07, 6.45) is 0. The van der Waals surface area contributed by atoms with Gasteiger partial charge in [0, 0.05) is 0 Å². The maximum absolute atomic E-state index is 11.6. The van der Waals surface area contributed by atoms with Crippen LogP contribution in [-0.4, -0.2) is 0 Å². The van der Waals surface area contributed by atoms with Gasteiger partial charge in [0.1, 0.15) is 0 Å². The minimum Gasteiger partial charge on any atom is -0.872 e. The molecule has 0 N–H and O–H groups in total. The minimum atomic E-state index is 0. The molecule has 0 aliphatic rings. The third-order valence-electron chi connectivity index (χ3n) is 10.6. The van der Waals surface area contributed by atoms with Gasteiger partial charge in [0.25, 0.3) is 0 Å². The summed E-state index contributed by atoms with van der Waals surface area (Å²) in [7, 11) is 0. The molecule has 0 spiro atoms. The fraction of sp³-hybridized carbons (Fsp3) is 0.571. The first-order valence-corrected chi connectivity index (χ1v) is 21.7. The molecule has 4 rings (SSSR count). The molecule has 0 bridgehead atoms. The van der Waals surface area contributed by atoms with Crippen molar-refractivity contribution in [2.45, 2.75) is 209 Å². The Bertz CT molecular complexity index is 1570. The molecule has 0 aromatic heterocycles. The van der Waals surface area contributed by atoms with Gasteiger partial charge in [0.2, 0.25) is 0 Å². The first-order valence-electron chi connectivity index (χ1n) is 21.7. The van der Waals surface area contributed by atoms with Crippen LogP contribution in [0.3, 0.4) is 0 Å². The van der Waals surface area contributed by atoms with Crippen molar-refractivity contribution < 1.29 is 46.6 Å². The monoisotopic (exact) mass is 911 g/mol. The third-order valence-corrected chi connectivity index (χ3v) is 10.6. The predicted octanol–water partition coefficient (Wildman–Crippen LogP) is 13.4. The normalized spacial score (nSPS) is 12.7. The molecule has 0 heterocycles. The van der Waals surface area contributed by atoms with Crippen molar-refractivity contribution in [1.29, 1.82) is 0 Å². The van der Waals surface area contributed by atoms with Crippen molar-refractivity contribution in [2.24, 2.45) is 0 Å². The molecule has 336 valence electrons. The molecule has 0 fully saturated rings. The summed E-state index contributed by atoms with van der Waals surface area (Å²) in [5, 5.41) is 46.4. The van der Waals surface area contributed by atoms with E-state index in [1.807, 2.05) is 0 Å². The van der Waals surface area contributed by atoms with E-state index >= 15 is 0 Å². The summed E-state index contributed by atoms with van der Waals surface area (Å²) >= 11 is 0. The molecule has 0 radical (unpaired) electrons. The fourth-order valence-electron chi connectivity index (χ4n) is 5.86. The van der Waals surface area contributed by atoms with E-state index in [1.165, 1.54) is 0 Å². The van der Waals surface area contributed by atoms with Crippen LogP contribution < -0.4 is 20.4 Å². The SMILES string of the molecule is CC(C)(C)c1cc([O-])cc(C(C)(C)C)c1.CC(C)(C)c1cc([O-])cc(C(C)(C)C)c1.CC(C)(C)c1cc([O-])cc(C(C)(C)C)c1.CC(C)(C)c1cc([O-])cc(C(C)(C)C)c1.[Zr+4]. The zero-order valence-electron chi connectivity index (χ0n) is 43.1. The van der Waals surface area contributed by atoms with Crippen LogP contribution in [0.1, 0.15) is 211 Å². The molecule has 0 saturated carbocycles. The Morgan fingerprint density at radius 2 is 0.279 bits per heavy atom. The van der Waals surface area contributed by atoms with Crippen molar-refractivity contribution in [1.82, 2.24) is 0 Å². The van der Waals surface area contributed by atoms with Crippen LogP contribution in [0, 0.1) is 0 Å². The molecule has 4 aromatic rings. The molecule has 0 aliphatic heterocycles. The van der Waals surface area contributed by atoms with E-state index < -0.39 is 0 Å². The van der Waals surface area contributed by atoms with E-state index in [-0.39, 0.29) is 92.5 Å². The Morgan fingerprint density at radius 1 is 0.197 bits per heavy atom.